The fourth-order valence-electron chi connectivity index (χ4n) is 4.11. The lowest BCUT2D eigenvalue weighted by molar-refractivity contribution is -0.131. The van der Waals surface area contributed by atoms with Crippen molar-refractivity contribution in [2.75, 3.05) is 13.1 Å². The van der Waals surface area contributed by atoms with Crippen molar-refractivity contribution in [3.8, 4) is 0 Å². The highest BCUT2D eigenvalue weighted by atomic mass is 31.2. The van der Waals surface area contributed by atoms with E-state index in [2.05, 4.69) is 20.9 Å². The lowest BCUT2D eigenvalue weighted by Gasteiger charge is -2.24. The van der Waals surface area contributed by atoms with Gasteiger partial charge in [-0.25, -0.2) is 0 Å². The first-order valence-corrected chi connectivity index (χ1v) is 14.4. The Kier molecular flexibility index (Phi) is 10.9. The lowest BCUT2D eigenvalue weighted by Crippen LogP contribution is -2.51. The number of carbonyl (C=O) groups is 3. The maximum Gasteiger partial charge on any atom is 0.394 e. The molecule has 3 rings (SSSR count). The van der Waals surface area contributed by atoms with E-state index in [9.17, 15) is 27.7 Å². The lowest BCUT2D eigenvalue weighted by atomic mass is 10.1. The fourth-order valence-corrected chi connectivity index (χ4v) is 4.53. The zero-order valence-corrected chi connectivity index (χ0v) is 22.6. The number of aromatic amines is 1. The highest BCUT2D eigenvalue weighted by molar-refractivity contribution is 7.53. The van der Waals surface area contributed by atoms with E-state index in [-0.39, 0.29) is 12.8 Å². The summed E-state index contributed by atoms with van der Waals surface area (Å²) in [6.45, 7) is -0.216. The molecular formula is C27H33F2N4O6P. The molecule has 216 valence electrons. The van der Waals surface area contributed by atoms with E-state index in [4.69, 9.17) is 9.79 Å². The quantitative estimate of drug-likeness (QED) is 0.120. The van der Waals surface area contributed by atoms with Crippen LogP contribution in [0.15, 0.2) is 60.8 Å². The number of fused-ring (bicyclic) bond motifs is 1. The molecule has 1 unspecified atom stereocenters. The Morgan fingerprint density at radius 2 is 1.62 bits per heavy atom. The van der Waals surface area contributed by atoms with Crippen LogP contribution in [0, 0.1) is 0 Å². The van der Waals surface area contributed by atoms with Gasteiger partial charge in [-0.1, -0.05) is 48.5 Å². The maximum atomic E-state index is 14.2. The summed E-state index contributed by atoms with van der Waals surface area (Å²) in [7, 11) is -5.92. The number of amides is 3. The standard InChI is InChI=1S/C27H33F2N4O6P/c28-27(29,40(37,38)39)16-23(33-24(34)14-13-20-17-31-22-12-5-4-11-21(20)22)26(36)32-18-25(35)30-15-7-6-10-19-8-2-1-3-9-19/h1-5,8-9,11-12,17,23,31H,6-7,10,13-16,18H2,(H,30,35)(H,32,36)(H,33,34)(H2,37,38,39). The Morgan fingerprint density at radius 3 is 2.35 bits per heavy atom. The van der Waals surface area contributed by atoms with Gasteiger partial charge in [0.15, 0.2) is 0 Å². The third-order valence-corrected chi connectivity index (χ3v) is 7.34. The summed E-state index contributed by atoms with van der Waals surface area (Å²) in [6, 6.07) is 15.2. The van der Waals surface area contributed by atoms with Gasteiger partial charge in [-0.3, -0.25) is 18.9 Å². The third-order valence-electron chi connectivity index (χ3n) is 6.30. The van der Waals surface area contributed by atoms with Crippen molar-refractivity contribution >= 4 is 36.2 Å². The number of aromatic nitrogens is 1. The SMILES string of the molecule is O=C(CNC(=O)C(CC(F)(F)P(=O)(O)O)NC(=O)CCc1c[nH]c2ccccc12)NCCCCc1ccccc1. The van der Waals surface area contributed by atoms with E-state index >= 15 is 0 Å². The first-order chi connectivity index (χ1) is 19.0. The number of hydrogen-bond acceptors (Lipinski definition) is 4. The number of nitrogens with one attached hydrogen (secondary N) is 4. The first kappa shape index (κ1) is 30.9. The number of rotatable bonds is 15. The molecule has 0 aliphatic carbocycles. The van der Waals surface area contributed by atoms with E-state index in [1.54, 1.807) is 6.20 Å². The minimum absolute atomic E-state index is 0.170. The van der Waals surface area contributed by atoms with Crippen LogP contribution < -0.4 is 16.0 Å². The molecule has 40 heavy (non-hydrogen) atoms. The predicted octanol–water partition coefficient (Wildman–Crippen LogP) is 3.00. The van der Waals surface area contributed by atoms with Crippen LogP contribution in [-0.4, -0.2) is 57.3 Å². The van der Waals surface area contributed by atoms with Gasteiger partial charge in [-0.15, -0.1) is 0 Å². The largest absolute Gasteiger partial charge is 0.394 e. The first-order valence-electron chi connectivity index (χ1n) is 12.8. The minimum atomic E-state index is -5.92. The van der Waals surface area contributed by atoms with Gasteiger partial charge in [0.2, 0.25) is 17.7 Å². The van der Waals surface area contributed by atoms with Gasteiger partial charge in [0.1, 0.15) is 6.04 Å². The molecule has 0 spiro atoms. The second-order valence-electron chi connectivity index (χ2n) is 9.40. The summed E-state index contributed by atoms with van der Waals surface area (Å²) in [5.41, 5.74) is -1.75. The average Bonchev–Trinajstić information content (AvgIpc) is 3.33. The summed E-state index contributed by atoms with van der Waals surface area (Å²) in [5.74, 6) is -2.50. The second-order valence-corrected chi connectivity index (χ2v) is 11.1. The molecule has 0 saturated carbocycles. The van der Waals surface area contributed by atoms with Crippen LogP contribution in [0.4, 0.5) is 8.78 Å². The smallest absolute Gasteiger partial charge is 0.361 e. The van der Waals surface area contributed by atoms with E-state index in [0.29, 0.717) is 13.0 Å². The van der Waals surface area contributed by atoms with Gasteiger partial charge in [0.05, 0.1) is 13.0 Å². The van der Waals surface area contributed by atoms with Crippen molar-refractivity contribution in [1.82, 2.24) is 20.9 Å². The van der Waals surface area contributed by atoms with Gasteiger partial charge in [-0.2, -0.15) is 8.78 Å². The molecule has 1 aromatic heterocycles. The number of unbranched alkanes of at least 4 members (excludes halogenated alkanes) is 1. The van der Waals surface area contributed by atoms with Gasteiger partial charge in [0, 0.05) is 30.1 Å². The molecule has 0 aliphatic rings. The van der Waals surface area contributed by atoms with Crippen molar-refractivity contribution in [2.24, 2.45) is 0 Å². The van der Waals surface area contributed by atoms with Crippen molar-refractivity contribution in [1.29, 1.82) is 0 Å². The minimum Gasteiger partial charge on any atom is -0.361 e. The van der Waals surface area contributed by atoms with E-state index in [1.807, 2.05) is 54.6 Å². The summed E-state index contributed by atoms with van der Waals surface area (Å²) in [5, 5.41) is 7.79. The monoisotopic (exact) mass is 578 g/mol. The average molecular weight is 579 g/mol. The number of aryl methyl sites for hydroxylation is 2. The van der Waals surface area contributed by atoms with Gasteiger partial charge in [0.25, 0.3) is 0 Å². The number of para-hydroxylation sites is 1. The van der Waals surface area contributed by atoms with Gasteiger partial charge < -0.3 is 30.7 Å². The van der Waals surface area contributed by atoms with Crippen molar-refractivity contribution in [3.05, 3.63) is 71.9 Å². The number of benzene rings is 2. The zero-order valence-electron chi connectivity index (χ0n) is 21.7. The number of hydrogen-bond donors (Lipinski definition) is 6. The normalized spacial score (nSPS) is 12.6. The van der Waals surface area contributed by atoms with Crippen molar-refractivity contribution in [3.63, 3.8) is 0 Å². The third kappa shape index (κ3) is 9.25. The molecular weight excluding hydrogens is 545 g/mol. The summed E-state index contributed by atoms with van der Waals surface area (Å²) >= 11 is 0. The molecule has 13 heteroatoms. The number of halogens is 2. The molecule has 6 N–H and O–H groups in total. The Bertz CT molecular complexity index is 1350. The van der Waals surface area contributed by atoms with Crippen LogP contribution in [-0.2, 0) is 31.8 Å². The second kappa shape index (κ2) is 14.2. The Hall–Kier alpha value is -3.60. The van der Waals surface area contributed by atoms with E-state index in [0.717, 1.165) is 29.3 Å². The highest BCUT2D eigenvalue weighted by Crippen LogP contribution is 2.55. The summed E-state index contributed by atoms with van der Waals surface area (Å²) < 4.78 is 39.6. The number of carbonyl (C=O) groups excluding carboxylic acids is 3. The van der Waals surface area contributed by atoms with Crippen LogP contribution >= 0.6 is 7.60 Å². The molecule has 1 heterocycles. The molecule has 10 nitrogen and oxygen atoms in total. The van der Waals surface area contributed by atoms with E-state index in [1.165, 1.54) is 5.56 Å². The fraction of sp³-hybridized carbons (Fsp3) is 0.370. The Balaban J connectivity index is 1.50. The van der Waals surface area contributed by atoms with Crippen LogP contribution in [0.2, 0.25) is 0 Å². The molecule has 0 aliphatic heterocycles. The Morgan fingerprint density at radius 1 is 0.925 bits per heavy atom. The maximum absolute atomic E-state index is 14.2. The topological polar surface area (TPSA) is 161 Å². The van der Waals surface area contributed by atoms with Crippen molar-refractivity contribution in [2.45, 2.75) is 50.2 Å². The molecule has 0 radical (unpaired) electrons. The van der Waals surface area contributed by atoms with Crippen LogP contribution in [0.1, 0.15) is 36.8 Å². The van der Waals surface area contributed by atoms with Crippen LogP contribution in [0.25, 0.3) is 10.9 Å². The number of alkyl halides is 2. The number of H-pyrrole nitrogens is 1. The predicted molar refractivity (Wildman–Crippen MR) is 146 cm³/mol. The van der Waals surface area contributed by atoms with Crippen LogP contribution in [0.5, 0.6) is 0 Å². The summed E-state index contributed by atoms with van der Waals surface area (Å²) in [4.78, 5) is 58.4. The molecule has 0 bridgehead atoms. The molecule has 1 atom stereocenters. The molecule has 3 aromatic rings. The zero-order chi connectivity index (χ0) is 29.2. The van der Waals surface area contributed by atoms with Gasteiger partial charge in [-0.05, 0) is 42.9 Å². The van der Waals surface area contributed by atoms with Crippen molar-refractivity contribution < 1.29 is 37.5 Å². The highest BCUT2D eigenvalue weighted by Gasteiger charge is 2.51. The summed E-state index contributed by atoms with van der Waals surface area (Å²) in [6.07, 6.45) is 2.47. The molecule has 3 amide bonds. The van der Waals surface area contributed by atoms with Gasteiger partial charge >= 0.3 is 13.3 Å². The van der Waals surface area contributed by atoms with Crippen LogP contribution in [0.3, 0.4) is 0 Å². The van der Waals surface area contributed by atoms with E-state index < -0.39 is 50.0 Å². The molecule has 0 saturated heterocycles. The Labute approximate surface area is 230 Å². The molecule has 0 fully saturated rings. The molecule has 2 aromatic carbocycles.